The predicted molar refractivity (Wildman–Crippen MR) is 55.8 cm³/mol. The van der Waals surface area contributed by atoms with E-state index < -0.39 is 0 Å². The first-order valence-electron chi connectivity index (χ1n) is 5.02. The van der Waals surface area contributed by atoms with Crippen molar-refractivity contribution in [1.82, 2.24) is 0 Å². The summed E-state index contributed by atoms with van der Waals surface area (Å²) in [5.41, 5.74) is 6.53. The van der Waals surface area contributed by atoms with Gasteiger partial charge in [-0.05, 0) is 25.0 Å². The van der Waals surface area contributed by atoms with Gasteiger partial charge in [0.2, 0.25) is 0 Å². The molecular formula is C11H15FN2. The molecule has 1 aliphatic rings. The van der Waals surface area contributed by atoms with Crippen LogP contribution < -0.4 is 10.6 Å². The van der Waals surface area contributed by atoms with Crippen molar-refractivity contribution in [3.05, 3.63) is 30.1 Å². The lowest BCUT2D eigenvalue weighted by atomic mass is 10.1. The van der Waals surface area contributed by atoms with E-state index in [-0.39, 0.29) is 11.9 Å². The molecule has 1 aliphatic heterocycles. The molecule has 1 atom stereocenters. The number of hydrogen-bond acceptors (Lipinski definition) is 2. The van der Waals surface area contributed by atoms with Crippen molar-refractivity contribution < 1.29 is 4.39 Å². The quantitative estimate of drug-likeness (QED) is 0.738. The van der Waals surface area contributed by atoms with Crippen LogP contribution in [0.3, 0.4) is 0 Å². The van der Waals surface area contributed by atoms with Crippen LogP contribution in [0.5, 0.6) is 0 Å². The highest BCUT2D eigenvalue weighted by molar-refractivity contribution is 5.48. The predicted octanol–water partition coefficient (Wildman–Crippen LogP) is 1.75. The zero-order valence-corrected chi connectivity index (χ0v) is 8.12. The molecule has 1 unspecified atom stereocenters. The van der Waals surface area contributed by atoms with Gasteiger partial charge in [-0.1, -0.05) is 12.1 Å². The van der Waals surface area contributed by atoms with Crippen molar-refractivity contribution in [2.24, 2.45) is 5.73 Å². The Balaban J connectivity index is 2.18. The Bertz CT molecular complexity index is 314. The average molecular weight is 194 g/mol. The number of halogens is 1. The molecule has 0 aromatic heterocycles. The fourth-order valence-corrected chi connectivity index (χ4v) is 1.94. The van der Waals surface area contributed by atoms with Crippen molar-refractivity contribution in [3.8, 4) is 0 Å². The second kappa shape index (κ2) is 3.96. The van der Waals surface area contributed by atoms with Gasteiger partial charge >= 0.3 is 0 Å². The van der Waals surface area contributed by atoms with Crippen LogP contribution in [0.15, 0.2) is 24.3 Å². The monoisotopic (exact) mass is 194 g/mol. The van der Waals surface area contributed by atoms with Crippen molar-refractivity contribution in [3.63, 3.8) is 0 Å². The standard InChI is InChI=1S/C11H15FN2/c12-10-5-1-2-6-11(10)14-7-3-4-9(13)8-14/h1-2,5-6,9H,3-4,7-8,13H2. The molecule has 0 saturated carbocycles. The summed E-state index contributed by atoms with van der Waals surface area (Å²) in [6, 6.07) is 7.06. The minimum atomic E-state index is -0.151. The maximum Gasteiger partial charge on any atom is 0.146 e. The van der Waals surface area contributed by atoms with Crippen molar-refractivity contribution >= 4 is 5.69 Å². The van der Waals surface area contributed by atoms with E-state index in [1.165, 1.54) is 6.07 Å². The Morgan fingerprint density at radius 3 is 2.86 bits per heavy atom. The second-order valence-electron chi connectivity index (χ2n) is 3.80. The maximum absolute atomic E-state index is 13.4. The number of benzene rings is 1. The Labute approximate surface area is 83.5 Å². The average Bonchev–Trinajstić information content (AvgIpc) is 2.18. The topological polar surface area (TPSA) is 29.3 Å². The van der Waals surface area contributed by atoms with E-state index in [0.717, 1.165) is 25.9 Å². The van der Waals surface area contributed by atoms with Crippen LogP contribution in [-0.4, -0.2) is 19.1 Å². The summed E-state index contributed by atoms with van der Waals surface area (Å²) in [4.78, 5) is 2.03. The van der Waals surface area contributed by atoms with Crippen LogP contribution in [0.25, 0.3) is 0 Å². The SMILES string of the molecule is NC1CCCN(c2ccccc2F)C1. The van der Waals surface area contributed by atoms with Gasteiger partial charge in [0.15, 0.2) is 0 Å². The molecule has 76 valence electrons. The van der Waals surface area contributed by atoms with Crippen molar-refractivity contribution in [2.75, 3.05) is 18.0 Å². The molecule has 2 rings (SSSR count). The third-order valence-electron chi connectivity index (χ3n) is 2.65. The van der Waals surface area contributed by atoms with E-state index in [0.29, 0.717) is 5.69 Å². The summed E-state index contributed by atoms with van der Waals surface area (Å²) in [6.07, 6.45) is 2.10. The fraction of sp³-hybridized carbons (Fsp3) is 0.455. The molecule has 0 spiro atoms. The second-order valence-corrected chi connectivity index (χ2v) is 3.80. The summed E-state index contributed by atoms with van der Waals surface area (Å²) >= 11 is 0. The summed E-state index contributed by atoms with van der Waals surface area (Å²) in [6.45, 7) is 1.68. The van der Waals surface area contributed by atoms with Crippen molar-refractivity contribution in [1.29, 1.82) is 0 Å². The lowest BCUT2D eigenvalue weighted by molar-refractivity contribution is 0.498. The highest BCUT2D eigenvalue weighted by Gasteiger charge is 2.18. The number of para-hydroxylation sites is 1. The molecule has 1 heterocycles. The Morgan fingerprint density at radius 1 is 1.36 bits per heavy atom. The van der Waals surface area contributed by atoms with Crippen LogP contribution in [0.2, 0.25) is 0 Å². The zero-order chi connectivity index (χ0) is 9.97. The molecule has 3 heteroatoms. The van der Waals surface area contributed by atoms with Gasteiger partial charge in [-0.2, -0.15) is 0 Å². The van der Waals surface area contributed by atoms with Gasteiger partial charge in [0.05, 0.1) is 5.69 Å². The Morgan fingerprint density at radius 2 is 2.14 bits per heavy atom. The van der Waals surface area contributed by atoms with Gasteiger partial charge in [-0.25, -0.2) is 4.39 Å². The third kappa shape index (κ3) is 1.87. The minimum Gasteiger partial charge on any atom is -0.368 e. The smallest absolute Gasteiger partial charge is 0.146 e. The fourth-order valence-electron chi connectivity index (χ4n) is 1.94. The van der Waals surface area contributed by atoms with E-state index in [9.17, 15) is 4.39 Å². The van der Waals surface area contributed by atoms with E-state index >= 15 is 0 Å². The molecule has 2 N–H and O–H groups in total. The number of piperidine rings is 1. The molecule has 14 heavy (non-hydrogen) atoms. The van der Waals surface area contributed by atoms with Gasteiger partial charge in [0, 0.05) is 19.1 Å². The minimum absolute atomic E-state index is 0.151. The van der Waals surface area contributed by atoms with E-state index in [2.05, 4.69) is 0 Å². The van der Waals surface area contributed by atoms with Crippen LogP contribution in [0, 0.1) is 5.82 Å². The lowest BCUT2D eigenvalue weighted by Crippen LogP contribution is -2.43. The first-order valence-corrected chi connectivity index (χ1v) is 5.02. The molecule has 0 aliphatic carbocycles. The van der Waals surface area contributed by atoms with Gasteiger partial charge < -0.3 is 10.6 Å². The number of nitrogens with zero attached hydrogens (tertiary/aromatic N) is 1. The van der Waals surface area contributed by atoms with E-state index in [4.69, 9.17) is 5.73 Å². The molecule has 0 amide bonds. The van der Waals surface area contributed by atoms with Gasteiger partial charge in [0.25, 0.3) is 0 Å². The van der Waals surface area contributed by atoms with E-state index in [1.807, 2.05) is 17.0 Å². The third-order valence-corrected chi connectivity index (χ3v) is 2.65. The van der Waals surface area contributed by atoms with Crippen LogP contribution in [0.1, 0.15) is 12.8 Å². The number of rotatable bonds is 1. The number of hydrogen-bond donors (Lipinski definition) is 1. The molecule has 1 fully saturated rings. The first-order chi connectivity index (χ1) is 6.77. The number of nitrogens with two attached hydrogens (primary N) is 1. The summed E-state index contributed by atoms with van der Waals surface area (Å²) < 4.78 is 13.4. The van der Waals surface area contributed by atoms with Crippen LogP contribution in [0.4, 0.5) is 10.1 Å². The first kappa shape index (κ1) is 9.46. The molecule has 0 bridgehead atoms. The van der Waals surface area contributed by atoms with Gasteiger partial charge in [-0.3, -0.25) is 0 Å². The normalized spacial score (nSPS) is 22.4. The lowest BCUT2D eigenvalue weighted by Gasteiger charge is -2.32. The van der Waals surface area contributed by atoms with Gasteiger partial charge in [0.1, 0.15) is 5.82 Å². The summed E-state index contributed by atoms with van der Waals surface area (Å²) in [7, 11) is 0. The largest absolute Gasteiger partial charge is 0.368 e. The Hall–Kier alpha value is -1.09. The number of anilines is 1. The highest BCUT2D eigenvalue weighted by atomic mass is 19.1. The molecule has 1 aromatic rings. The molecule has 0 radical (unpaired) electrons. The summed E-state index contributed by atoms with van der Waals surface area (Å²) in [5.74, 6) is -0.151. The van der Waals surface area contributed by atoms with E-state index in [1.54, 1.807) is 6.07 Å². The highest BCUT2D eigenvalue weighted by Crippen LogP contribution is 2.22. The molecule has 1 saturated heterocycles. The Kier molecular flexibility index (Phi) is 2.68. The van der Waals surface area contributed by atoms with Gasteiger partial charge in [-0.15, -0.1) is 0 Å². The molecule has 1 aromatic carbocycles. The van der Waals surface area contributed by atoms with Crippen LogP contribution in [-0.2, 0) is 0 Å². The summed E-state index contributed by atoms with van der Waals surface area (Å²) in [5, 5.41) is 0. The van der Waals surface area contributed by atoms with Crippen LogP contribution >= 0.6 is 0 Å². The zero-order valence-electron chi connectivity index (χ0n) is 8.12. The maximum atomic E-state index is 13.4. The molecular weight excluding hydrogens is 179 g/mol. The van der Waals surface area contributed by atoms with Crippen molar-refractivity contribution in [2.45, 2.75) is 18.9 Å². The molecule has 2 nitrogen and oxygen atoms in total.